The van der Waals surface area contributed by atoms with E-state index in [0.29, 0.717) is 18.8 Å². The molecule has 6 nitrogen and oxygen atoms in total. The molecule has 0 radical (unpaired) electrons. The van der Waals surface area contributed by atoms with E-state index in [1.807, 2.05) is 36.6 Å². The standard InChI is InChI=1S/C17H26N2O4S/c1-22-16(20)15(19-13-24-2)10-6-7-11-18-17(21)23-12-14-8-4-3-5-9-14/h3-5,8-9,15,19H,6-7,10-13H2,1-2H3,(H,18,21). The van der Waals surface area contributed by atoms with Gasteiger partial charge in [0, 0.05) is 12.4 Å². The highest BCUT2D eigenvalue weighted by atomic mass is 32.2. The maximum atomic E-state index is 11.6. The Labute approximate surface area is 147 Å². The second kappa shape index (κ2) is 12.7. The normalized spacial score (nSPS) is 11.6. The molecule has 0 bridgehead atoms. The molecule has 0 fully saturated rings. The fourth-order valence-electron chi connectivity index (χ4n) is 2.07. The minimum atomic E-state index is -0.427. The molecule has 0 heterocycles. The van der Waals surface area contributed by atoms with Crippen LogP contribution in [-0.4, -0.2) is 43.9 Å². The van der Waals surface area contributed by atoms with Crippen LogP contribution in [0, 0.1) is 0 Å². The van der Waals surface area contributed by atoms with Crippen LogP contribution in [-0.2, 0) is 20.9 Å². The van der Waals surface area contributed by atoms with E-state index in [0.717, 1.165) is 18.4 Å². The van der Waals surface area contributed by atoms with Gasteiger partial charge in [0.25, 0.3) is 0 Å². The van der Waals surface area contributed by atoms with Crippen molar-refractivity contribution < 1.29 is 19.1 Å². The van der Waals surface area contributed by atoms with Gasteiger partial charge in [0.1, 0.15) is 12.6 Å². The molecule has 0 saturated carbocycles. The highest BCUT2D eigenvalue weighted by Gasteiger charge is 2.17. The first-order chi connectivity index (χ1) is 11.7. The molecule has 134 valence electrons. The zero-order valence-electron chi connectivity index (χ0n) is 14.2. The maximum Gasteiger partial charge on any atom is 0.407 e. The summed E-state index contributed by atoms with van der Waals surface area (Å²) in [5.74, 6) is 0.448. The molecule has 1 aromatic carbocycles. The van der Waals surface area contributed by atoms with Crippen molar-refractivity contribution in [2.75, 3.05) is 25.8 Å². The number of hydrogen-bond acceptors (Lipinski definition) is 6. The highest BCUT2D eigenvalue weighted by molar-refractivity contribution is 7.98. The number of alkyl carbamates (subject to hydrolysis) is 1. The Balaban J connectivity index is 2.13. The number of ether oxygens (including phenoxy) is 2. The molecule has 1 amide bonds. The summed E-state index contributed by atoms with van der Waals surface area (Å²) < 4.78 is 9.90. The monoisotopic (exact) mass is 354 g/mol. The summed E-state index contributed by atoms with van der Waals surface area (Å²) in [5, 5.41) is 5.85. The Hall–Kier alpha value is -1.73. The van der Waals surface area contributed by atoms with Gasteiger partial charge in [0.2, 0.25) is 0 Å². The van der Waals surface area contributed by atoms with E-state index in [1.54, 1.807) is 11.8 Å². The molecule has 1 aromatic rings. The molecule has 0 spiro atoms. The molecule has 1 rings (SSSR count). The lowest BCUT2D eigenvalue weighted by Gasteiger charge is -2.15. The number of benzene rings is 1. The first-order valence-electron chi connectivity index (χ1n) is 7.92. The summed E-state index contributed by atoms with van der Waals surface area (Å²) in [6.07, 6.45) is 3.79. The number of unbranched alkanes of at least 4 members (excludes halogenated alkanes) is 1. The summed E-state index contributed by atoms with van der Waals surface area (Å²) in [4.78, 5) is 23.2. The van der Waals surface area contributed by atoms with Crippen LogP contribution in [0.3, 0.4) is 0 Å². The number of hydrogen-bond donors (Lipinski definition) is 2. The summed E-state index contributed by atoms with van der Waals surface area (Å²) in [6.45, 7) is 0.778. The highest BCUT2D eigenvalue weighted by Crippen LogP contribution is 2.04. The maximum absolute atomic E-state index is 11.6. The number of rotatable bonds is 11. The molecule has 0 aliphatic rings. The zero-order valence-corrected chi connectivity index (χ0v) is 15.1. The predicted octanol–water partition coefficient (Wildman–Crippen LogP) is 2.53. The van der Waals surface area contributed by atoms with Crippen LogP contribution in [0.1, 0.15) is 24.8 Å². The van der Waals surface area contributed by atoms with Gasteiger partial charge in [0.05, 0.1) is 7.11 Å². The summed E-state index contributed by atoms with van der Waals surface area (Å²) in [6, 6.07) is 9.23. The van der Waals surface area contributed by atoms with Crippen molar-refractivity contribution in [2.24, 2.45) is 0 Å². The van der Waals surface area contributed by atoms with E-state index in [9.17, 15) is 9.59 Å². The first kappa shape index (κ1) is 20.3. The van der Waals surface area contributed by atoms with Gasteiger partial charge in [-0.05, 0) is 31.1 Å². The number of thioether (sulfide) groups is 1. The Morgan fingerprint density at radius 1 is 1.21 bits per heavy atom. The average Bonchev–Trinajstić information content (AvgIpc) is 2.62. The molecule has 7 heteroatoms. The average molecular weight is 354 g/mol. The van der Waals surface area contributed by atoms with Gasteiger partial charge in [-0.3, -0.25) is 10.1 Å². The molecular formula is C17H26N2O4S. The Bertz CT molecular complexity index is 485. The van der Waals surface area contributed by atoms with Gasteiger partial charge in [0.15, 0.2) is 0 Å². The topological polar surface area (TPSA) is 76.7 Å². The quantitative estimate of drug-likeness (QED) is 0.361. The van der Waals surface area contributed by atoms with Crippen LogP contribution < -0.4 is 10.6 Å². The van der Waals surface area contributed by atoms with Crippen LogP contribution in [0.15, 0.2) is 30.3 Å². The van der Waals surface area contributed by atoms with E-state index < -0.39 is 6.09 Å². The number of esters is 1. The summed E-state index contributed by atoms with van der Waals surface area (Å²) in [5.41, 5.74) is 0.952. The second-order valence-electron chi connectivity index (χ2n) is 5.20. The van der Waals surface area contributed by atoms with Gasteiger partial charge in [-0.25, -0.2) is 4.79 Å². The number of methoxy groups -OCH3 is 1. The lowest BCUT2D eigenvalue weighted by atomic mass is 10.1. The van der Waals surface area contributed by atoms with Crippen LogP contribution in [0.5, 0.6) is 0 Å². The molecule has 0 aromatic heterocycles. The lowest BCUT2D eigenvalue weighted by molar-refractivity contribution is -0.143. The Morgan fingerprint density at radius 3 is 2.62 bits per heavy atom. The van der Waals surface area contributed by atoms with E-state index in [2.05, 4.69) is 10.6 Å². The third-order valence-corrected chi connectivity index (χ3v) is 3.82. The van der Waals surface area contributed by atoms with E-state index in [4.69, 9.17) is 9.47 Å². The fourth-order valence-corrected chi connectivity index (χ4v) is 2.44. The second-order valence-corrected chi connectivity index (χ2v) is 6.06. The predicted molar refractivity (Wildman–Crippen MR) is 95.8 cm³/mol. The van der Waals surface area contributed by atoms with Crippen molar-refractivity contribution in [2.45, 2.75) is 31.9 Å². The largest absolute Gasteiger partial charge is 0.468 e. The molecular weight excluding hydrogens is 328 g/mol. The minimum absolute atomic E-state index is 0.251. The van der Waals surface area contributed by atoms with Crippen molar-refractivity contribution >= 4 is 23.8 Å². The van der Waals surface area contributed by atoms with Crippen molar-refractivity contribution in [1.29, 1.82) is 0 Å². The number of nitrogens with one attached hydrogen (secondary N) is 2. The Kier molecular flexibility index (Phi) is 10.7. The third kappa shape index (κ3) is 8.79. The van der Waals surface area contributed by atoms with Gasteiger partial charge >= 0.3 is 12.1 Å². The number of amides is 1. The van der Waals surface area contributed by atoms with Crippen LogP contribution in [0.2, 0.25) is 0 Å². The van der Waals surface area contributed by atoms with E-state index in [1.165, 1.54) is 7.11 Å². The number of carbonyl (C=O) groups is 2. The molecule has 0 aliphatic carbocycles. The van der Waals surface area contributed by atoms with Crippen LogP contribution in [0.25, 0.3) is 0 Å². The molecule has 1 atom stereocenters. The van der Waals surface area contributed by atoms with Gasteiger partial charge in [-0.15, -0.1) is 11.8 Å². The molecule has 0 saturated heterocycles. The van der Waals surface area contributed by atoms with E-state index in [-0.39, 0.29) is 18.6 Å². The van der Waals surface area contributed by atoms with E-state index >= 15 is 0 Å². The van der Waals surface area contributed by atoms with Gasteiger partial charge < -0.3 is 14.8 Å². The number of carbonyl (C=O) groups excluding carboxylic acids is 2. The Morgan fingerprint density at radius 2 is 1.96 bits per heavy atom. The summed E-state index contributed by atoms with van der Waals surface area (Å²) in [7, 11) is 1.39. The van der Waals surface area contributed by atoms with Gasteiger partial charge in [-0.1, -0.05) is 30.3 Å². The fraction of sp³-hybridized carbons (Fsp3) is 0.529. The van der Waals surface area contributed by atoms with Crippen LogP contribution >= 0.6 is 11.8 Å². The third-order valence-electron chi connectivity index (χ3n) is 3.36. The zero-order chi connectivity index (χ0) is 17.6. The van der Waals surface area contributed by atoms with Gasteiger partial charge in [-0.2, -0.15) is 0 Å². The first-order valence-corrected chi connectivity index (χ1v) is 9.31. The van der Waals surface area contributed by atoms with Crippen LogP contribution in [0.4, 0.5) is 4.79 Å². The van der Waals surface area contributed by atoms with Crippen molar-refractivity contribution in [3.8, 4) is 0 Å². The SMILES string of the molecule is COC(=O)C(CCCCNC(=O)OCc1ccccc1)NCSC. The molecule has 1 unspecified atom stereocenters. The molecule has 0 aliphatic heterocycles. The van der Waals surface area contributed by atoms with Crippen molar-refractivity contribution in [1.82, 2.24) is 10.6 Å². The smallest absolute Gasteiger partial charge is 0.407 e. The molecule has 2 N–H and O–H groups in total. The molecule has 24 heavy (non-hydrogen) atoms. The van der Waals surface area contributed by atoms with Crippen molar-refractivity contribution in [3.05, 3.63) is 35.9 Å². The minimum Gasteiger partial charge on any atom is -0.468 e. The summed E-state index contributed by atoms with van der Waals surface area (Å²) >= 11 is 1.62. The lowest BCUT2D eigenvalue weighted by Crippen LogP contribution is -2.37. The van der Waals surface area contributed by atoms with Crippen molar-refractivity contribution in [3.63, 3.8) is 0 Å².